The van der Waals surface area contributed by atoms with E-state index in [9.17, 15) is 19.5 Å². The molecule has 1 rings (SSSR count). The largest absolute Gasteiger partial charge is 0.480 e. The predicted octanol–water partition coefficient (Wildman–Crippen LogP) is 0.146. The smallest absolute Gasteiger partial charge is 0.329 e. The second-order valence-electron chi connectivity index (χ2n) is 5.11. The molecule has 7 nitrogen and oxygen atoms in total. The van der Waals surface area contributed by atoms with Crippen LogP contribution < -0.4 is 16.4 Å². The van der Waals surface area contributed by atoms with Crippen molar-refractivity contribution in [3.05, 3.63) is 0 Å². The van der Waals surface area contributed by atoms with Crippen molar-refractivity contribution in [2.75, 3.05) is 12.0 Å². The Morgan fingerprint density at radius 2 is 2.05 bits per heavy atom. The summed E-state index contributed by atoms with van der Waals surface area (Å²) in [5.74, 6) is -0.963. The van der Waals surface area contributed by atoms with Gasteiger partial charge in [-0.15, -0.1) is 0 Å². The molecule has 8 heteroatoms. The summed E-state index contributed by atoms with van der Waals surface area (Å²) in [7, 11) is 0. The minimum atomic E-state index is -1.28. The van der Waals surface area contributed by atoms with Gasteiger partial charge in [0.25, 0.3) is 0 Å². The van der Waals surface area contributed by atoms with E-state index in [0.717, 1.165) is 12.8 Å². The van der Waals surface area contributed by atoms with Crippen molar-refractivity contribution in [3.8, 4) is 0 Å². The molecule has 1 fully saturated rings. The third-order valence-corrected chi connectivity index (χ3v) is 4.11. The van der Waals surface area contributed by atoms with Gasteiger partial charge in [-0.25, -0.2) is 9.59 Å². The van der Waals surface area contributed by atoms with Crippen LogP contribution in [0.1, 0.15) is 26.2 Å². The van der Waals surface area contributed by atoms with Crippen LogP contribution in [0.4, 0.5) is 4.79 Å². The number of urea groups is 1. The Bertz CT molecular complexity index is 400. The maximum absolute atomic E-state index is 12.2. The number of hydrogen-bond donors (Lipinski definition) is 4. The fourth-order valence-electron chi connectivity index (χ4n) is 2.01. The second-order valence-corrected chi connectivity index (χ2v) is 6.10. The van der Waals surface area contributed by atoms with E-state index in [-0.39, 0.29) is 5.92 Å². The monoisotopic (exact) mass is 303 g/mol. The van der Waals surface area contributed by atoms with Crippen LogP contribution in [0.3, 0.4) is 0 Å². The molecule has 0 bridgehead atoms. The summed E-state index contributed by atoms with van der Waals surface area (Å²) < 4.78 is 0. The lowest BCUT2D eigenvalue weighted by atomic mass is 9.95. The minimum absolute atomic E-state index is 0.0567. The molecular weight excluding hydrogens is 282 g/mol. The normalized spacial score (nSPS) is 18.7. The van der Waals surface area contributed by atoms with Crippen molar-refractivity contribution >= 4 is 29.7 Å². The van der Waals surface area contributed by atoms with Gasteiger partial charge in [0, 0.05) is 0 Å². The molecule has 114 valence electrons. The molecule has 0 heterocycles. The van der Waals surface area contributed by atoms with E-state index in [1.807, 2.05) is 6.26 Å². The molecule has 5 N–H and O–H groups in total. The Kier molecular flexibility index (Phi) is 5.67. The summed E-state index contributed by atoms with van der Waals surface area (Å²) in [5.41, 5.74) is 3.76. The van der Waals surface area contributed by atoms with Gasteiger partial charge in [-0.2, -0.15) is 11.8 Å². The number of aliphatic carboxylic acids is 1. The summed E-state index contributed by atoms with van der Waals surface area (Å²) in [6, 6.07) is -1.60. The van der Waals surface area contributed by atoms with Crippen LogP contribution in [0.25, 0.3) is 0 Å². The Morgan fingerprint density at radius 1 is 1.45 bits per heavy atom. The second kappa shape index (κ2) is 6.83. The van der Waals surface area contributed by atoms with Gasteiger partial charge in [-0.3, -0.25) is 4.79 Å². The fourth-order valence-corrected chi connectivity index (χ4v) is 2.48. The summed E-state index contributed by atoms with van der Waals surface area (Å²) in [4.78, 5) is 34.5. The molecule has 0 radical (unpaired) electrons. The maximum atomic E-state index is 12.2. The number of rotatable bonds is 8. The van der Waals surface area contributed by atoms with Gasteiger partial charge < -0.3 is 21.5 Å². The lowest BCUT2D eigenvalue weighted by Crippen LogP contribution is -2.59. The molecule has 2 atom stereocenters. The molecule has 20 heavy (non-hydrogen) atoms. The average Bonchev–Trinajstić information content (AvgIpc) is 3.17. The van der Waals surface area contributed by atoms with Crippen molar-refractivity contribution in [3.63, 3.8) is 0 Å². The number of carbonyl (C=O) groups excluding carboxylic acids is 2. The first-order chi connectivity index (χ1) is 9.31. The molecule has 2 unspecified atom stereocenters. The zero-order valence-electron chi connectivity index (χ0n) is 11.6. The van der Waals surface area contributed by atoms with Gasteiger partial charge in [0.2, 0.25) is 5.91 Å². The van der Waals surface area contributed by atoms with Gasteiger partial charge in [-0.1, -0.05) is 0 Å². The van der Waals surface area contributed by atoms with Crippen molar-refractivity contribution in [1.82, 2.24) is 10.6 Å². The number of carboxylic acid groups (broad SMARTS) is 1. The van der Waals surface area contributed by atoms with Crippen molar-refractivity contribution in [2.24, 2.45) is 11.7 Å². The average molecular weight is 303 g/mol. The maximum Gasteiger partial charge on any atom is 0.329 e. The number of hydrogen-bond acceptors (Lipinski definition) is 4. The van der Waals surface area contributed by atoms with Crippen LogP contribution >= 0.6 is 11.8 Å². The number of amides is 3. The van der Waals surface area contributed by atoms with E-state index in [4.69, 9.17) is 5.73 Å². The Labute approximate surface area is 122 Å². The topological polar surface area (TPSA) is 122 Å². The van der Waals surface area contributed by atoms with Crippen LogP contribution in [0, 0.1) is 5.92 Å². The quantitative estimate of drug-likeness (QED) is 0.508. The van der Waals surface area contributed by atoms with Gasteiger partial charge >= 0.3 is 12.0 Å². The van der Waals surface area contributed by atoms with Crippen LogP contribution in [0.2, 0.25) is 0 Å². The Balaban J connectivity index is 2.72. The van der Waals surface area contributed by atoms with E-state index in [1.54, 1.807) is 0 Å². The van der Waals surface area contributed by atoms with Gasteiger partial charge in [-0.05, 0) is 44.1 Å². The third kappa shape index (κ3) is 4.29. The van der Waals surface area contributed by atoms with Gasteiger partial charge in [0.05, 0.1) is 0 Å². The first-order valence-corrected chi connectivity index (χ1v) is 7.81. The molecule has 0 aliphatic heterocycles. The molecule has 0 aromatic rings. The van der Waals surface area contributed by atoms with Gasteiger partial charge in [0.1, 0.15) is 11.6 Å². The first-order valence-electron chi connectivity index (χ1n) is 6.41. The lowest BCUT2D eigenvalue weighted by Gasteiger charge is -2.28. The van der Waals surface area contributed by atoms with E-state index >= 15 is 0 Å². The fraction of sp³-hybridized carbons (Fsp3) is 0.750. The molecule has 0 spiro atoms. The summed E-state index contributed by atoms with van der Waals surface area (Å²) >= 11 is 1.53. The summed E-state index contributed by atoms with van der Waals surface area (Å²) in [5, 5.41) is 14.2. The van der Waals surface area contributed by atoms with Crippen LogP contribution in [-0.2, 0) is 9.59 Å². The SMILES string of the molecule is CSCCC(NC(N)=O)C(=O)NC(C)(C(=O)O)C1CC1. The van der Waals surface area contributed by atoms with Crippen molar-refractivity contribution in [1.29, 1.82) is 0 Å². The molecule has 1 saturated carbocycles. The van der Waals surface area contributed by atoms with E-state index < -0.39 is 29.5 Å². The molecule has 3 amide bonds. The van der Waals surface area contributed by atoms with Crippen LogP contribution in [0.5, 0.6) is 0 Å². The standard InChI is InChI=1S/C12H21N3O4S/c1-12(10(17)18,7-3-4-7)15-9(16)8(5-6-20-2)14-11(13)19/h7-8H,3-6H2,1-2H3,(H,15,16)(H,17,18)(H3,13,14,19). The number of nitrogens with two attached hydrogens (primary N) is 1. The first kappa shape index (κ1) is 16.6. The van der Waals surface area contributed by atoms with Gasteiger partial charge in [0.15, 0.2) is 0 Å². The summed E-state index contributed by atoms with van der Waals surface area (Å²) in [6.45, 7) is 1.50. The molecular formula is C12H21N3O4S. The Hall–Kier alpha value is -1.44. The molecule has 0 aromatic carbocycles. The van der Waals surface area contributed by atoms with Crippen LogP contribution in [0.15, 0.2) is 0 Å². The minimum Gasteiger partial charge on any atom is -0.480 e. The summed E-state index contributed by atoms with van der Waals surface area (Å²) in [6.07, 6.45) is 3.84. The number of carbonyl (C=O) groups is 3. The van der Waals surface area contributed by atoms with E-state index in [1.165, 1.54) is 18.7 Å². The van der Waals surface area contributed by atoms with E-state index in [2.05, 4.69) is 10.6 Å². The number of primary amides is 1. The Morgan fingerprint density at radius 3 is 2.45 bits per heavy atom. The van der Waals surface area contributed by atoms with E-state index in [0.29, 0.717) is 12.2 Å². The third-order valence-electron chi connectivity index (χ3n) is 3.46. The lowest BCUT2D eigenvalue weighted by molar-refractivity contribution is -0.148. The zero-order valence-corrected chi connectivity index (χ0v) is 12.5. The van der Waals surface area contributed by atoms with Crippen LogP contribution in [-0.4, -0.2) is 46.6 Å². The molecule has 0 saturated heterocycles. The highest BCUT2D eigenvalue weighted by atomic mass is 32.2. The highest BCUT2D eigenvalue weighted by Gasteiger charge is 2.49. The molecule has 0 aromatic heterocycles. The predicted molar refractivity (Wildman–Crippen MR) is 76.4 cm³/mol. The van der Waals surface area contributed by atoms with Crippen molar-refractivity contribution in [2.45, 2.75) is 37.8 Å². The zero-order chi connectivity index (χ0) is 15.3. The number of carboxylic acids is 1. The highest BCUT2D eigenvalue weighted by Crippen LogP contribution is 2.39. The number of nitrogens with one attached hydrogen (secondary N) is 2. The number of thioether (sulfide) groups is 1. The van der Waals surface area contributed by atoms with Crippen molar-refractivity contribution < 1.29 is 19.5 Å². The highest BCUT2D eigenvalue weighted by molar-refractivity contribution is 7.98. The molecule has 1 aliphatic carbocycles. The molecule has 1 aliphatic rings.